The van der Waals surface area contributed by atoms with Crippen LogP contribution < -0.4 is 5.32 Å². The second kappa shape index (κ2) is 7.61. The summed E-state index contributed by atoms with van der Waals surface area (Å²) < 4.78 is 0. The number of carbonyl (C=O) groups excluding carboxylic acids is 2. The number of aliphatic hydroxyl groups excluding tert-OH is 1. The highest BCUT2D eigenvalue weighted by molar-refractivity contribution is 5.77. The molecule has 1 aromatic carbocycles. The summed E-state index contributed by atoms with van der Waals surface area (Å²) in [5.41, 5.74) is 2.15. The number of aliphatic hydroxyl groups is 1. The second-order valence-electron chi connectivity index (χ2n) is 4.24. The Bertz CT molecular complexity index is 404. The maximum absolute atomic E-state index is 11.0. The van der Waals surface area contributed by atoms with Gasteiger partial charge < -0.3 is 15.2 Å². The number of aryl methyl sites for hydroxylation is 1. The fraction of sp³-hybridized carbons (Fsp3) is 0.429. The van der Waals surface area contributed by atoms with Crippen molar-refractivity contribution < 1.29 is 14.7 Å². The molecule has 0 aromatic heterocycles. The van der Waals surface area contributed by atoms with Crippen LogP contribution in [0.15, 0.2) is 24.3 Å². The molecule has 2 N–H and O–H groups in total. The van der Waals surface area contributed by atoms with E-state index < -0.39 is 6.04 Å². The van der Waals surface area contributed by atoms with E-state index in [2.05, 4.69) is 5.32 Å². The van der Waals surface area contributed by atoms with Crippen LogP contribution in [0.2, 0.25) is 0 Å². The van der Waals surface area contributed by atoms with E-state index in [-0.39, 0.29) is 12.5 Å². The van der Waals surface area contributed by atoms with Crippen LogP contribution in [0.3, 0.4) is 0 Å². The molecular weight excluding hydrogens is 230 g/mol. The zero-order valence-corrected chi connectivity index (χ0v) is 10.6. The van der Waals surface area contributed by atoms with Crippen LogP contribution in [-0.4, -0.2) is 29.9 Å². The molecule has 1 aromatic rings. The van der Waals surface area contributed by atoms with Crippen molar-refractivity contribution in [3.8, 4) is 0 Å². The van der Waals surface area contributed by atoms with Crippen LogP contribution in [-0.2, 0) is 22.4 Å². The summed E-state index contributed by atoms with van der Waals surface area (Å²) >= 11 is 0. The fourth-order valence-electron chi connectivity index (χ4n) is 1.90. The van der Waals surface area contributed by atoms with E-state index in [0.717, 1.165) is 23.8 Å². The van der Waals surface area contributed by atoms with Crippen LogP contribution in [0.5, 0.6) is 0 Å². The van der Waals surface area contributed by atoms with E-state index in [0.29, 0.717) is 12.8 Å². The molecule has 0 aliphatic carbocycles. The van der Waals surface area contributed by atoms with Crippen molar-refractivity contribution in [2.45, 2.75) is 32.2 Å². The molecule has 0 aliphatic rings. The number of nitrogens with one attached hydrogen (secondary N) is 1. The number of hydrogen-bond acceptors (Lipinski definition) is 3. The van der Waals surface area contributed by atoms with Gasteiger partial charge in [0.15, 0.2) is 0 Å². The second-order valence-corrected chi connectivity index (χ2v) is 4.24. The molecular formula is C14H19NO3. The third kappa shape index (κ3) is 4.67. The molecule has 0 radical (unpaired) electrons. The van der Waals surface area contributed by atoms with Gasteiger partial charge >= 0.3 is 0 Å². The lowest BCUT2D eigenvalue weighted by Gasteiger charge is -2.14. The first-order valence-electron chi connectivity index (χ1n) is 6.07. The number of aldehydes is 1. The molecule has 0 fully saturated rings. The summed E-state index contributed by atoms with van der Waals surface area (Å²) in [7, 11) is 0. The van der Waals surface area contributed by atoms with Gasteiger partial charge in [-0.15, -0.1) is 0 Å². The number of benzene rings is 1. The molecule has 1 rings (SSSR count). The Morgan fingerprint density at radius 1 is 1.39 bits per heavy atom. The van der Waals surface area contributed by atoms with Crippen LogP contribution in [0.4, 0.5) is 0 Å². The van der Waals surface area contributed by atoms with Gasteiger partial charge in [-0.05, 0) is 30.4 Å². The highest BCUT2D eigenvalue weighted by Crippen LogP contribution is 2.13. The van der Waals surface area contributed by atoms with Crippen molar-refractivity contribution in [1.82, 2.24) is 5.32 Å². The minimum Gasteiger partial charge on any atom is -0.396 e. The summed E-state index contributed by atoms with van der Waals surface area (Å²) in [4.78, 5) is 21.9. The van der Waals surface area contributed by atoms with Crippen LogP contribution in [0, 0.1) is 0 Å². The molecule has 0 heterocycles. The van der Waals surface area contributed by atoms with Gasteiger partial charge in [0.2, 0.25) is 5.91 Å². The van der Waals surface area contributed by atoms with Crippen LogP contribution in [0.25, 0.3) is 0 Å². The highest BCUT2D eigenvalue weighted by Gasteiger charge is 2.11. The quantitative estimate of drug-likeness (QED) is 0.704. The molecule has 0 spiro atoms. The summed E-state index contributed by atoms with van der Waals surface area (Å²) in [6, 6.07) is 7.29. The lowest BCUT2D eigenvalue weighted by Crippen LogP contribution is -2.36. The number of amides is 1. The van der Waals surface area contributed by atoms with Gasteiger partial charge in [-0.3, -0.25) is 4.79 Å². The molecule has 1 unspecified atom stereocenters. The minimum absolute atomic E-state index is 0.150. The topological polar surface area (TPSA) is 66.4 Å². The molecule has 1 atom stereocenters. The summed E-state index contributed by atoms with van der Waals surface area (Å²) in [6.07, 6.45) is 2.72. The van der Waals surface area contributed by atoms with Crippen molar-refractivity contribution in [1.29, 1.82) is 0 Å². The molecule has 98 valence electrons. The van der Waals surface area contributed by atoms with E-state index >= 15 is 0 Å². The Hall–Kier alpha value is -1.68. The Morgan fingerprint density at radius 3 is 2.61 bits per heavy atom. The third-order valence-corrected chi connectivity index (χ3v) is 2.72. The first-order chi connectivity index (χ1) is 8.67. The van der Waals surface area contributed by atoms with Gasteiger partial charge in [-0.2, -0.15) is 0 Å². The first-order valence-corrected chi connectivity index (χ1v) is 6.07. The lowest BCUT2D eigenvalue weighted by atomic mass is 9.97. The molecule has 0 aliphatic heterocycles. The molecule has 4 nitrogen and oxygen atoms in total. The normalized spacial score (nSPS) is 11.9. The molecule has 4 heteroatoms. The Kier molecular flexibility index (Phi) is 6.08. The van der Waals surface area contributed by atoms with Gasteiger partial charge in [0.1, 0.15) is 6.29 Å². The maximum Gasteiger partial charge on any atom is 0.217 e. The Labute approximate surface area is 107 Å². The zero-order chi connectivity index (χ0) is 13.4. The first kappa shape index (κ1) is 14.4. The summed E-state index contributed by atoms with van der Waals surface area (Å²) in [6.45, 7) is 1.55. The fourth-order valence-corrected chi connectivity index (χ4v) is 1.90. The molecule has 0 bridgehead atoms. The van der Waals surface area contributed by atoms with Gasteiger partial charge in [-0.1, -0.05) is 24.3 Å². The molecule has 18 heavy (non-hydrogen) atoms. The van der Waals surface area contributed by atoms with Crippen molar-refractivity contribution >= 4 is 12.2 Å². The van der Waals surface area contributed by atoms with Crippen molar-refractivity contribution in [2.24, 2.45) is 0 Å². The molecule has 1 amide bonds. The predicted octanol–water partition coefficient (Wildman–Crippen LogP) is 0.858. The largest absolute Gasteiger partial charge is 0.396 e. The molecule has 0 saturated heterocycles. The highest BCUT2D eigenvalue weighted by atomic mass is 16.2. The monoisotopic (exact) mass is 249 g/mol. The van der Waals surface area contributed by atoms with Gasteiger partial charge in [0.25, 0.3) is 0 Å². The third-order valence-electron chi connectivity index (χ3n) is 2.72. The number of hydrogen-bond donors (Lipinski definition) is 2. The number of rotatable bonds is 7. The maximum atomic E-state index is 11.0. The van der Waals surface area contributed by atoms with Gasteiger partial charge in [0, 0.05) is 13.5 Å². The van der Waals surface area contributed by atoms with Crippen molar-refractivity contribution in [2.75, 3.05) is 6.61 Å². The average Bonchev–Trinajstić information content (AvgIpc) is 2.36. The Morgan fingerprint density at radius 2 is 2.06 bits per heavy atom. The van der Waals surface area contributed by atoms with E-state index in [4.69, 9.17) is 5.11 Å². The average molecular weight is 249 g/mol. The van der Waals surface area contributed by atoms with Crippen LogP contribution in [0.1, 0.15) is 24.5 Å². The van der Waals surface area contributed by atoms with E-state index in [1.807, 2.05) is 24.3 Å². The number of carbonyl (C=O) groups is 2. The van der Waals surface area contributed by atoms with E-state index in [1.54, 1.807) is 0 Å². The van der Waals surface area contributed by atoms with Gasteiger partial charge in [0.05, 0.1) is 6.04 Å². The van der Waals surface area contributed by atoms with Crippen LogP contribution >= 0.6 is 0 Å². The summed E-state index contributed by atoms with van der Waals surface area (Å²) in [5, 5.41) is 11.5. The minimum atomic E-state index is -0.488. The van der Waals surface area contributed by atoms with Crippen molar-refractivity contribution in [3.63, 3.8) is 0 Å². The SMILES string of the molecule is CC(=O)NC(C=O)Cc1ccccc1CCCO. The van der Waals surface area contributed by atoms with Crippen molar-refractivity contribution in [3.05, 3.63) is 35.4 Å². The van der Waals surface area contributed by atoms with E-state index in [9.17, 15) is 9.59 Å². The Balaban J connectivity index is 2.74. The predicted molar refractivity (Wildman–Crippen MR) is 69.2 cm³/mol. The summed E-state index contributed by atoms with van der Waals surface area (Å²) in [5.74, 6) is -0.208. The van der Waals surface area contributed by atoms with E-state index in [1.165, 1.54) is 6.92 Å². The lowest BCUT2D eigenvalue weighted by molar-refractivity contribution is -0.122. The smallest absolute Gasteiger partial charge is 0.217 e. The molecule has 0 saturated carbocycles. The van der Waals surface area contributed by atoms with Gasteiger partial charge in [-0.25, -0.2) is 0 Å². The standard InChI is InChI=1S/C14H19NO3/c1-11(18)15-14(10-17)9-13-6-3-2-5-12(13)7-4-8-16/h2-3,5-6,10,14,16H,4,7-9H2,1H3,(H,15,18). The zero-order valence-electron chi connectivity index (χ0n) is 10.6.